The van der Waals surface area contributed by atoms with Crippen LogP contribution in [-0.4, -0.2) is 40.6 Å². The van der Waals surface area contributed by atoms with Gasteiger partial charge < -0.3 is 20.6 Å². The minimum Gasteiger partial charge on any atom is -0.394 e. The van der Waals surface area contributed by atoms with Gasteiger partial charge in [-0.15, -0.1) is 0 Å². The van der Waals surface area contributed by atoms with Crippen LogP contribution in [0.2, 0.25) is 0 Å². The van der Waals surface area contributed by atoms with Gasteiger partial charge in [-0.05, 0) is 49.8 Å². The molecule has 0 unspecified atom stereocenters. The lowest BCUT2D eigenvalue weighted by Gasteiger charge is -2.38. The highest BCUT2D eigenvalue weighted by atomic mass is 16.3. The molecule has 1 fully saturated rings. The molecule has 1 aromatic carbocycles. The number of aliphatic hydroxyl groups is 1. The number of aliphatic hydroxyl groups excluding tert-OH is 1. The number of hydrogen-bond donors (Lipinski definition) is 3. The summed E-state index contributed by atoms with van der Waals surface area (Å²) < 4.78 is 0. The highest BCUT2D eigenvalue weighted by Gasteiger charge is 2.43. The summed E-state index contributed by atoms with van der Waals surface area (Å²) in [5.41, 5.74) is 1.76. The van der Waals surface area contributed by atoms with Crippen LogP contribution >= 0.6 is 0 Å². The molecule has 6 nitrogen and oxygen atoms in total. The van der Waals surface area contributed by atoms with Gasteiger partial charge >= 0.3 is 6.03 Å². The fraction of sp³-hybridized carbons (Fsp3) is 0.619. The van der Waals surface area contributed by atoms with Crippen molar-refractivity contribution in [1.82, 2.24) is 4.90 Å². The number of carbonyl (C=O) groups is 2. The van der Waals surface area contributed by atoms with E-state index in [0.717, 1.165) is 24.8 Å². The number of rotatable bonds is 6. The number of likely N-dealkylation sites (tertiary alicyclic amines) is 1. The van der Waals surface area contributed by atoms with Gasteiger partial charge in [0.15, 0.2) is 0 Å². The number of nitrogens with zero attached hydrogens (tertiary/aromatic N) is 1. The Kier molecular flexibility index (Phi) is 6.87. The second kappa shape index (κ2) is 8.74. The van der Waals surface area contributed by atoms with Crippen LogP contribution in [0.4, 0.5) is 16.2 Å². The van der Waals surface area contributed by atoms with Crippen molar-refractivity contribution in [1.29, 1.82) is 0 Å². The molecule has 2 rings (SSSR count). The lowest BCUT2D eigenvalue weighted by molar-refractivity contribution is -0.118. The molecule has 1 heterocycles. The van der Waals surface area contributed by atoms with Gasteiger partial charge in [-0.2, -0.15) is 0 Å². The molecule has 1 aromatic rings. The molecule has 1 saturated heterocycles. The number of amides is 3. The molecular formula is C21H33N3O3. The zero-order valence-corrected chi connectivity index (χ0v) is 17.1. The second-order valence-corrected chi connectivity index (χ2v) is 8.34. The van der Waals surface area contributed by atoms with Crippen LogP contribution in [0.1, 0.15) is 52.5 Å². The summed E-state index contributed by atoms with van der Waals surface area (Å²) >= 11 is 0. The van der Waals surface area contributed by atoms with Gasteiger partial charge in [0.1, 0.15) is 0 Å². The van der Waals surface area contributed by atoms with E-state index in [-0.39, 0.29) is 24.5 Å². The first-order valence-corrected chi connectivity index (χ1v) is 9.79. The Morgan fingerprint density at radius 3 is 2.52 bits per heavy atom. The van der Waals surface area contributed by atoms with Crippen LogP contribution in [0, 0.1) is 18.8 Å². The molecule has 0 aliphatic carbocycles. The largest absolute Gasteiger partial charge is 0.394 e. The van der Waals surface area contributed by atoms with Crippen LogP contribution in [0.5, 0.6) is 0 Å². The summed E-state index contributed by atoms with van der Waals surface area (Å²) in [6, 6.07) is 5.30. The van der Waals surface area contributed by atoms with E-state index in [2.05, 4.69) is 24.5 Å². The Morgan fingerprint density at radius 2 is 1.93 bits per heavy atom. The summed E-state index contributed by atoms with van der Waals surface area (Å²) in [4.78, 5) is 26.7. The number of carbonyl (C=O) groups excluding carboxylic acids is 2. The predicted octanol–water partition coefficient (Wildman–Crippen LogP) is 3.99. The average molecular weight is 376 g/mol. The van der Waals surface area contributed by atoms with Crippen molar-refractivity contribution >= 4 is 23.3 Å². The van der Waals surface area contributed by atoms with E-state index in [1.807, 2.05) is 32.9 Å². The first kappa shape index (κ1) is 21.2. The molecule has 0 saturated carbocycles. The van der Waals surface area contributed by atoms with E-state index in [9.17, 15) is 14.7 Å². The highest BCUT2D eigenvalue weighted by Crippen LogP contribution is 2.35. The van der Waals surface area contributed by atoms with E-state index in [4.69, 9.17) is 0 Å². The van der Waals surface area contributed by atoms with Gasteiger partial charge in [0, 0.05) is 23.8 Å². The molecule has 1 aliphatic rings. The van der Waals surface area contributed by atoms with E-state index in [1.54, 1.807) is 11.0 Å². The smallest absolute Gasteiger partial charge is 0.322 e. The summed E-state index contributed by atoms with van der Waals surface area (Å²) in [6.45, 7) is 10.4. The molecule has 27 heavy (non-hydrogen) atoms. The lowest BCUT2D eigenvalue weighted by Crippen LogP contribution is -2.52. The van der Waals surface area contributed by atoms with E-state index < -0.39 is 5.54 Å². The zero-order chi connectivity index (χ0) is 20.2. The predicted molar refractivity (Wildman–Crippen MR) is 109 cm³/mol. The van der Waals surface area contributed by atoms with Crippen LogP contribution in [-0.2, 0) is 4.79 Å². The summed E-state index contributed by atoms with van der Waals surface area (Å²) in [5, 5.41) is 15.9. The van der Waals surface area contributed by atoms with Crippen LogP contribution in [0.25, 0.3) is 0 Å². The number of urea groups is 1. The minimum atomic E-state index is -0.490. The zero-order valence-electron chi connectivity index (χ0n) is 17.1. The Morgan fingerprint density at radius 1 is 1.22 bits per heavy atom. The third-order valence-electron chi connectivity index (χ3n) is 5.20. The first-order valence-electron chi connectivity index (χ1n) is 9.79. The summed E-state index contributed by atoms with van der Waals surface area (Å²) in [5.74, 6) is 0.212. The number of benzene rings is 1. The molecule has 1 aliphatic heterocycles. The van der Waals surface area contributed by atoms with E-state index in [1.165, 1.54) is 0 Å². The fourth-order valence-corrected chi connectivity index (χ4v) is 3.76. The normalized spacial score (nSPS) is 19.6. The maximum atomic E-state index is 13.0. The maximum absolute atomic E-state index is 13.0. The van der Waals surface area contributed by atoms with Crippen molar-refractivity contribution in [3.63, 3.8) is 0 Å². The molecule has 0 radical (unpaired) electrons. The Labute approximate surface area is 162 Å². The van der Waals surface area contributed by atoms with Gasteiger partial charge in [0.05, 0.1) is 12.1 Å². The van der Waals surface area contributed by atoms with Crippen LogP contribution < -0.4 is 10.6 Å². The minimum absolute atomic E-state index is 0.0257. The van der Waals surface area contributed by atoms with Crippen molar-refractivity contribution in [2.45, 2.75) is 59.4 Å². The summed E-state index contributed by atoms with van der Waals surface area (Å²) in [7, 11) is 0. The van der Waals surface area contributed by atoms with Gasteiger partial charge in [-0.1, -0.05) is 33.8 Å². The average Bonchev–Trinajstić information content (AvgIpc) is 3.01. The quantitative estimate of drug-likeness (QED) is 0.703. The SMILES string of the molecule is Cc1ccc(NC(=O)C(C)C)cc1NC(=O)N1CCC[C@@]1(CO)CC(C)C. The van der Waals surface area contributed by atoms with Gasteiger partial charge in [0.2, 0.25) is 5.91 Å². The van der Waals surface area contributed by atoms with Crippen molar-refractivity contribution in [2.75, 3.05) is 23.8 Å². The second-order valence-electron chi connectivity index (χ2n) is 8.34. The monoisotopic (exact) mass is 375 g/mol. The number of anilines is 2. The highest BCUT2D eigenvalue weighted by molar-refractivity contribution is 5.95. The standard InChI is InChI=1S/C21H33N3O3/c1-14(2)12-21(13-25)9-6-10-24(21)20(27)23-18-11-17(8-7-16(18)5)22-19(26)15(3)4/h7-8,11,14-15,25H,6,9-10,12-13H2,1-5H3,(H,22,26)(H,23,27)/t21-/m0/s1. The third-order valence-corrected chi connectivity index (χ3v) is 5.20. The number of nitrogens with one attached hydrogen (secondary N) is 2. The molecule has 3 amide bonds. The Balaban J connectivity index is 2.18. The van der Waals surface area contributed by atoms with Crippen molar-refractivity contribution in [3.8, 4) is 0 Å². The van der Waals surface area contributed by atoms with Crippen molar-refractivity contribution < 1.29 is 14.7 Å². The topological polar surface area (TPSA) is 81.7 Å². The van der Waals surface area contributed by atoms with Gasteiger partial charge in [-0.3, -0.25) is 4.79 Å². The van der Waals surface area contributed by atoms with Gasteiger partial charge in [-0.25, -0.2) is 4.79 Å². The lowest BCUT2D eigenvalue weighted by atomic mass is 9.87. The van der Waals surface area contributed by atoms with Crippen LogP contribution in [0.3, 0.4) is 0 Å². The molecule has 0 aromatic heterocycles. The summed E-state index contributed by atoms with van der Waals surface area (Å²) in [6.07, 6.45) is 2.49. The Hall–Kier alpha value is -2.08. The van der Waals surface area contributed by atoms with E-state index in [0.29, 0.717) is 23.8 Å². The first-order chi connectivity index (χ1) is 12.7. The molecular weight excluding hydrogens is 342 g/mol. The van der Waals surface area contributed by atoms with Crippen molar-refractivity contribution in [3.05, 3.63) is 23.8 Å². The molecule has 6 heteroatoms. The molecule has 150 valence electrons. The molecule has 0 bridgehead atoms. The number of aryl methyl sites for hydroxylation is 1. The Bertz CT molecular complexity index is 687. The number of hydrogen-bond acceptors (Lipinski definition) is 3. The fourth-order valence-electron chi connectivity index (χ4n) is 3.76. The molecule has 1 atom stereocenters. The third kappa shape index (κ3) is 5.01. The molecule has 3 N–H and O–H groups in total. The van der Waals surface area contributed by atoms with Crippen molar-refractivity contribution in [2.24, 2.45) is 11.8 Å². The van der Waals surface area contributed by atoms with Gasteiger partial charge in [0.25, 0.3) is 0 Å². The molecule has 0 spiro atoms. The maximum Gasteiger partial charge on any atom is 0.322 e. The van der Waals surface area contributed by atoms with Crippen LogP contribution in [0.15, 0.2) is 18.2 Å². The van der Waals surface area contributed by atoms with E-state index >= 15 is 0 Å².